The fourth-order valence-electron chi connectivity index (χ4n) is 0.968. The molecule has 6 heteroatoms. The van der Waals surface area contributed by atoms with E-state index in [9.17, 15) is 9.00 Å². The van der Waals surface area contributed by atoms with E-state index < -0.39 is 15.6 Å². The third-order valence-electron chi connectivity index (χ3n) is 1.47. The minimum Gasteiger partial charge on any atom is -0.268 e. The summed E-state index contributed by atoms with van der Waals surface area (Å²) in [7, 11) is -2.50. The Balaban J connectivity index is 2.89. The Morgan fingerprint density at radius 1 is 1.64 bits per heavy atom. The van der Waals surface area contributed by atoms with Gasteiger partial charge in [-0.2, -0.15) is 9.46 Å². The number of amides is 1. The van der Waals surface area contributed by atoms with Crippen LogP contribution in [0.3, 0.4) is 0 Å². The van der Waals surface area contributed by atoms with Crippen molar-refractivity contribution in [1.29, 1.82) is 0 Å². The highest BCUT2D eigenvalue weighted by Crippen LogP contribution is 2.21. The first-order valence-electron chi connectivity index (χ1n) is 2.91. The summed E-state index contributed by atoms with van der Waals surface area (Å²) in [5, 5.41) is 6.45. The van der Waals surface area contributed by atoms with Gasteiger partial charge in [-0.25, -0.2) is 4.21 Å². The Kier molecular flexibility index (Phi) is 1.01. The van der Waals surface area contributed by atoms with Gasteiger partial charge in [-0.1, -0.05) is 0 Å². The lowest BCUT2D eigenvalue weighted by molar-refractivity contribution is 0.101. The van der Waals surface area contributed by atoms with Gasteiger partial charge in [0, 0.05) is 6.26 Å². The number of hydrogen-bond donors (Lipinski definition) is 1. The van der Waals surface area contributed by atoms with Crippen LogP contribution in [0.2, 0.25) is 0 Å². The summed E-state index contributed by atoms with van der Waals surface area (Å²) >= 11 is 0. The average molecular weight is 171 g/mol. The number of carbonyl (C=O) groups excluding carboxylic acids is 1. The van der Waals surface area contributed by atoms with Crippen molar-refractivity contribution in [1.82, 2.24) is 10.2 Å². The molecule has 2 rings (SSSR count). The van der Waals surface area contributed by atoms with Gasteiger partial charge in [-0.15, -0.1) is 0 Å². The molecule has 1 aromatic heterocycles. The first-order chi connectivity index (χ1) is 5.11. The lowest BCUT2D eigenvalue weighted by atomic mass is 10.4. The third kappa shape index (κ3) is 0.725. The second kappa shape index (κ2) is 1.70. The Labute approximate surface area is 63.0 Å². The number of aromatic nitrogens is 2. The van der Waals surface area contributed by atoms with Crippen molar-refractivity contribution in [2.45, 2.75) is 5.03 Å². The summed E-state index contributed by atoms with van der Waals surface area (Å²) in [6.07, 6.45) is 2.76. The van der Waals surface area contributed by atoms with Gasteiger partial charge in [0.15, 0.2) is 0 Å². The van der Waals surface area contributed by atoms with Crippen LogP contribution in [0, 0.1) is 0 Å². The fourth-order valence-corrected chi connectivity index (χ4v) is 2.24. The molecule has 0 fully saturated rings. The van der Waals surface area contributed by atoms with E-state index in [1.54, 1.807) is 0 Å². The van der Waals surface area contributed by atoms with E-state index in [0.29, 0.717) is 10.6 Å². The van der Waals surface area contributed by atoms with Gasteiger partial charge in [0.2, 0.25) is 0 Å². The van der Waals surface area contributed by atoms with Crippen LogP contribution in [0.15, 0.2) is 15.6 Å². The molecule has 58 valence electrons. The average Bonchev–Trinajstić information content (AvgIpc) is 2.37. The zero-order valence-corrected chi connectivity index (χ0v) is 6.51. The fraction of sp³-hybridized carbons (Fsp3) is 0.200. The topological polar surface area (TPSA) is 75.2 Å². The van der Waals surface area contributed by atoms with Gasteiger partial charge < -0.3 is 0 Å². The number of rotatable bonds is 0. The maximum absolute atomic E-state index is 11.4. The van der Waals surface area contributed by atoms with Crippen LogP contribution in [0.25, 0.3) is 0 Å². The van der Waals surface area contributed by atoms with Crippen LogP contribution in [-0.4, -0.2) is 26.6 Å². The molecule has 1 aliphatic heterocycles. The van der Waals surface area contributed by atoms with Gasteiger partial charge in [0.25, 0.3) is 5.91 Å². The maximum atomic E-state index is 11.4. The largest absolute Gasteiger partial charge is 0.289 e. The van der Waals surface area contributed by atoms with Crippen molar-refractivity contribution in [2.75, 3.05) is 6.26 Å². The van der Waals surface area contributed by atoms with Gasteiger partial charge in [0.05, 0.1) is 21.5 Å². The maximum Gasteiger partial charge on any atom is 0.289 e. The second-order valence-corrected chi connectivity index (χ2v) is 4.51. The molecule has 1 atom stereocenters. The Bertz CT molecular complexity index is 438. The Hall–Kier alpha value is -1.17. The molecule has 0 aromatic carbocycles. The van der Waals surface area contributed by atoms with Crippen molar-refractivity contribution >= 4 is 15.6 Å². The standard InChI is InChI=1S/C5H5N3O2S/c1-11(10)5-3(2-6-7-5)4(9)8-11/h2H,1H3,(H,6,7). The molecular weight excluding hydrogens is 166 g/mol. The normalized spacial score (nSPS) is 28.3. The first-order valence-corrected chi connectivity index (χ1v) is 4.83. The van der Waals surface area contributed by atoms with Gasteiger partial charge in [-0.05, 0) is 0 Å². The Morgan fingerprint density at radius 2 is 2.36 bits per heavy atom. The van der Waals surface area contributed by atoms with E-state index in [4.69, 9.17) is 0 Å². The van der Waals surface area contributed by atoms with Crippen LogP contribution >= 0.6 is 0 Å². The van der Waals surface area contributed by atoms with Crippen molar-refractivity contribution in [3.63, 3.8) is 0 Å². The quantitative estimate of drug-likeness (QED) is 0.597. The third-order valence-corrected chi connectivity index (χ3v) is 3.05. The predicted octanol–water partition coefficient (Wildman–Crippen LogP) is 0.0202. The number of fused-ring (bicyclic) bond motifs is 1. The summed E-state index contributed by atoms with van der Waals surface area (Å²) in [5.41, 5.74) is 0.331. The van der Waals surface area contributed by atoms with E-state index >= 15 is 0 Å². The zero-order valence-electron chi connectivity index (χ0n) is 5.70. The van der Waals surface area contributed by atoms with Crippen LogP contribution in [-0.2, 0) is 9.73 Å². The molecule has 0 spiro atoms. The van der Waals surface area contributed by atoms with Crippen molar-refractivity contribution in [2.24, 2.45) is 4.36 Å². The SMILES string of the molecule is CS1(=O)=NC(=O)c2cn[nH]c21. The molecule has 0 radical (unpaired) electrons. The highest BCUT2D eigenvalue weighted by molar-refractivity contribution is 7.93. The van der Waals surface area contributed by atoms with Crippen LogP contribution in [0.1, 0.15) is 10.4 Å². The number of nitrogens with zero attached hydrogens (tertiary/aromatic N) is 2. The molecule has 0 aliphatic carbocycles. The molecule has 1 aromatic rings. The van der Waals surface area contributed by atoms with Crippen molar-refractivity contribution < 1.29 is 9.00 Å². The van der Waals surface area contributed by atoms with Crippen LogP contribution in [0.5, 0.6) is 0 Å². The first kappa shape index (κ1) is 6.53. The highest BCUT2D eigenvalue weighted by Gasteiger charge is 2.27. The summed E-state index contributed by atoms with van der Waals surface area (Å²) in [6, 6.07) is 0. The minimum atomic E-state index is -2.50. The van der Waals surface area contributed by atoms with E-state index in [1.165, 1.54) is 12.5 Å². The monoisotopic (exact) mass is 171 g/mol. The van der Waals surface area contributed by atoms with E-state index in [1.807, 2.05) is 0 Å². The van der Waals surface area contributed by atoms with Gasteiger partial charge in [-0.3, -0.25) is 9.89 Å². The molecule has 0 bridgehead atoms. The van der Waals surface area contributed by atoms with E-state index in [2.05, 4.69) is 14.6 Å². The molecule has 0 saturated carbocycles. The van der Waals surface area contributed by atoms with E-state index in [0.717, 1.165) is 0 Å². The summed E-state index contributed by atoms with van der Waals surface area (Å²) in [5.74, 6) is -0.443. The minimum absolute atomic E-state index is 0.331. The summed E-state index contributed by atoms with van der Waals surface area (Å²) < 4.78 is 14.9. The number of hydrogen-bond acceptors (Lipinski definition) is 3. The second-order valence-electron chi connectivity index (χ2n) is 2.31. The molecule has 1 aliphatic rings. The molecule has 1 N–H and O–H groups in total. The molecule has 0 saturated heterocycles. The van der Waals surface area contributed by atoms with Crippen molar-refractivity contribution in [3.8, 4) is 0 Å². The molecular formula is C5H5N3O2S. The smallest absolute Gasteiger partial charge is 0.268 e. The lowest BCUT2D eigenvalue weighted by Gasteiger charge is -1.89. The summed E-state index contributed by atoms with van der Waals surface area (Å²) in [6.45, 7) is 0. The number of aromatic amines is 1. The zero-order chi connectivity index (χ0) is 8.06. The van der Waals surface area contributed by atoms with Crippen molar-refractivity contribution in [3.05, 3.63) is 11.8 Å². The molecule has 2 heterocycles. The molecule has 1 unspecified atom stereocenters. The number of carbonyl (C=O) groups is 1. The van der Waals surface area contributed by atoms with Gasteiger partial charge in [0.1, 0.15) is 5.03 Å². The Morgan fingerprint density at radius 3 is 3.00 bits per heavy atom. The van der Waals surface area contributed by atoms with Crippen LogP contribution in [0.4, 0.5) is 0 Å². The number of H-pyrrole nitrogens is 1. The molecule has 5 nitrogen and oxygen atoms in total. The highest BCUT2D eigenvalue weighted by atomic mass is 32.2. The molecule has 11 heavy (non-hydrogen) atoms. The molecule has 1 amide bonds. The van der Waals surface area contributed by atoms with Crippen LogP contribution < -0.4 is 0 Å². The summed E-state index contributed by atoms with van der Waals surface area (Å²) in [4.78, 5) is 10.9. The predicted molar refractivity (Wildman–Crippen MR) is 37.7 cm³/mol. The lowest BCUT2D eigenvalue weighted by Crippen LogP contribution is -1.93. The van der Waals surface area contributed by atoms with E-state index in [-0.39, 0.29) is 0 Å². The van der Waals surface area contributed by atoms with Gasteiger partial charge >= 0.3 is 0 Å². The number of nitrogens with one attached hydrogen (secondary N) is 1.